The van der Waals surface area contributed by atoms with Gasteiger partial charge < -0.3 is 10.2 Å². The molecule has 2 amide bonds. The molecule has 2 aromatic carbocycles. The number of rotatable bonds is 4. The van der Waals surface area contributed by atoms with Crippen molar-refractivity contribution in [1.82, 2.24) is 0 Å². The Bertz CT molecular complexity index is 863. The Labute approximate surface area is 162 Å². The van der Waals surface area contributed by atoms with Gasteiger partial charge in [-0.3, -0.25) is 9.59 Å². The van der Waals surface area contributed by atoms with Crippen LogP contribution in [0.15, 0.2) is 40.9 Å². The van der Waals surface area contributed by atoms with Crippen molar-refractivity contribution in [3.05, 3.63) is 57.6 Å². The second-order valence-electron chi connectivity index (χ2n) is 6.79. The number of anilines is 2. The van der Waals surface area contributed by atoms with E-state index in [-0.39, 0.29) is 24.2 Å². The molecular formula is C21H23BrN2O2. The lowest BCUT2D eigenvalue weighted by atomic mass is 10.1. The summed E-state index contributed by atoms with van der Waals surface area (Å²) in [5, 5.41) is 3.00. The molecule has 1 atom stereocenters. The fourth-order valence-electron chi connectivity index (χ4n) is 3.34. The van der Waals surface area contributed by atoms with Crippen LogP contribution in [0.4, 0.5) is 11.4 Å². The summed E-state index contributed by atoms with van der Waals surface area (Å²) in [5.41, 5.74) is 4.91. The van der Waals surface area contributed by atoms with E-state index in [9.17, 15) is 9.59 Å². The van der Waals surface area contributed by atoms with Gasteiger partial charge >= 0.3 is 0 Å². The van der Waals surface area contributed by atoms with Gasteiger partial charge in [-0.05, 0) is 55.2 Å². The molecule has 26 heavy (non-hydrogen) atoms. The highest BCUT2D eigenvalue weighted by Gasteiger charge is 2.35. The first-order valence-electron chi connectivity index (χ1n) is 8.86. The summed E-state index contributed by atoms with van der Waals surface area (Å²) >= 11 is 3.50. The van der Waals surface area contributed by atoms with Gasteiger partial charge in [0.05, 0.1) is 5.92 Å². The molecule has 1 heterocycles. The van der Waals surface area contributed by atoms with Crippen LogP contribution in [0.3, 0.4) is 0 Å². The molecule has 1 N–H and O–H groups in total. The van der Waals surface area contributed by atoms with Gasteiger partial charge in [0.2, 0.25) is 11.8 Å². The largest absolute Gasteiger partial charge is 0.326 e. The number of halogens is 1. The molecule has 1 saturated heterocycles. The number of benzene rings is 2. The Kier molecular flexibility index (Phi) is 5.47. The summed E-state index contributed by atoms with van der Waals surface area (Å²) < 4.78 is 1.02. The summed E-state index contributed by atoms with van der Waals surface area (Å²) in [7, 11) is 0. The molecule has 0 saturated carbocycles. The number of nitrogens with zero attached hydrogens (tertiary/aromatic N) is 1. The van der Waals surface area contributed by atoms with Gasteiger partial charge in [-0.2, -0.15) is 0 Å². The van der Waals surface area contributed by atoms with Crippen LogP contribution in [0.5, 0.6) is 0 Å². The van der Waals surface area contributed by atoms with E-state index < -0.39 is 0 Å². The predicted octanol–water partition coefficient (Wildman–Crippen LogP) is 4.62. The van der Waals surface area contributed by atoms with Crippen molar-refractivity contribution in [3.63, 3.8) is 0 Å². The lowest BCUT2D eigenvalue weighted by Gasteiger charge is -2.20. The molecule has 136 valence electrons. The van der Waals surface area contributed by atoms with Crippen LogP contribution in [-0.2, 0) is 16.0 Å². The second-order valence-corrected chi connectivity index (χ2v) is 7.65. The fourth-order valence-corrected chi connectivity index (χ4v) is 3.80. The lowest BCUT2D eigenvalue weighted by molar-refractivity contribution is -0.122. The van der Waals surface area contributed by atoms with Crippen molar-refractivity contribution in [3.8, 4) is 0 Å². The van der Waals surface area contributed by atoms with E-state index in [1.54, 1.807) is 4.90 Å². The minimum Gasteiger partial charge on any atom is -0.326 e. The highest BCUT2D eigenvalue weighted by molar-refractivity contribution is 9.10. The molecule has 0 spiro atoms. The van der Waals surface area contributed by atoms with Gasteiger partial charge in [0, 0.05) is 28.8 Å². The zero-order valence-electron chi connectivity index (χ0n) is 15.3. The minimum atomic E-state index is -0.337. The quantitative estimate of drug-likeness (QED) is 0.792. The molecule has 0 radical (unpaired) electrons. The Morgan fingerprint density at radius 1 is 1.23 bits per heavy atom. The van der Waals surface area contributed by atoms with E-state index in [2.05, 4.69) is 28.2 Å². The van der Waals surface area contributed by atoms with Crippen LogP contribution in [0.1, 0.15) is 30.0 Å². The zero-order valence-corrected chi connectivity index (χ0v) is 16.9. The number of carbonyl (C=O) groups is 2. The molecule has 4 nitrogen and oxygen atoms in total. The summed E-state index contributed by atoms with van der Waals surface area (Å²) in [6.45, 7) is 6.45. The first kappa shape index (κ1) is 18.6. The van der Waals surface area contributed by atoms with Gasteiger partial charge in [0.15, 0.2) is 0 Å². The maximum atomic E-state index is 12.7. The van der Waals surface area contributed by atoms with E-state index in [0.717, 1.165) is 39.0 Å². The number of carbonyl (C=O) groups excluding carboxylic acids is 2. The highest BCUT2D eigenvalue weighted by atomic mass is 79.9. The SMILES string of the molecule is CCc1ccccc1N1C[C@@H](C(=O)Nc2cc(C)c(Br)cc2C)CC1=O. The average molecular weight is 415 g/mol. The van der Waals surface area contributed by atoms with Crippen molar-refractivity contribution in [2.24, 2.45) is 5.92 Å². The molecule has 1 aliphatic heterocycles. The Morgan fingerprint density at radius 3 is 2.69 bits per heavy atom. The highest BCUT2D eigenvalue weighted by Crippen LogP contribution is 2.30. The van der Waals surface area contributed by atoms with Gasteiger partial charge in [-0.1, -0.05) is 41.1 Å². The van der Waals surface area contributed by atoms with E-state index in [1.165, 1.54) is 0 Å². The molecular weight excluding hydrogens is 392 g/mol. The third-order valence-corrected chi connectivity index (χ3v) is 5.78. The average Bonchev–Trinajstić information content (AvgIpc) is 3.01. The van der Waals surface area contributed by atoms with Crippen molar-refractivity contribution >= 4 is 39.1 Å². The molecule has 0 aromatic heterocycles. The summed E-state index contributed by atoms with van der Waals surface area (Å²) in [5.74, 6) is -0.426. The van der Waals surface area contributed by atoms with Crippen LogP contribution in [0, 0.1) is 19.8 Å². The topological polar surface area (TPSA) is 49.4 Å². The minimum absolute atomic E-state index is 0.00904. The Morgan fingerprint density at radius 2 is 1.96 bits per heavy atom. The van der Waals surface area contributed by atoms with Crippen molar-refractivity contribution < 1.29 is 9.59 Å². The fraction of sp³-hybridized carbons (Fsp3) is 0.333. The number of hydrogen-bond donors (Lipinski definition) is 1. The first-order chi connectivity index (χ1) is 12.4. The Balaban J connectivity index is 1.76. The van der Waals surface area contributed by atoms with E-state index in [0.29, 0.717) is 6.54 Å². The Hall–Kier alpha value is -2.14. The van der Waals surface area contributed by atoms with Gasteiger partial charge in [0.1, 0.15) is 0 Å². The van der Waals surface area contributed by atoms with Crippen LogP contribution in [0.25, 0.3) is 0 Å². The summed E-state index contributed by atoms with van der Waals surface area (Å²) in [6.07, 6.45) is 1.10. The van der Waals surface area contributed by atoms with Crippen molar-refractivity contribution in [1.29, 1.82) is 0 Å². The van der Waals surface area contributed by atoms with Crippen molar-refractivity contribution in [2.45, 2.75) is 33.6 Å². The second kappa shape index (κ2) is 7.62. The third kappa shape index (κ3) is 3.68. The maximum Gasteiger partial charge on any atom is 0.229 e. The van der Waals surface area contributed by atoms with Crippen LogP contribution in [0.2, 0.25) is 0 Å². The normalized spacial score (nSPS) is 16.8. The number of amides is 2. The molecule has 0 bridgehead atoms. The molecule has 1 fully saturated rings. The standard InChI is InChI=1S/C21H23BrN2O2/c1-4-15-7-5-6-8-19(15)24-12-16(11-20(24)25)21(26)23-18-10-13(2)17(22)9-14(18)3/h5-10,16H,4,11-12H2,1-3H3,(H,23,26)/t16-/m0/s1. The third-order valence-electron chi connectivity index (χ3n) is 4.92. The summed E-state index contributed by atoms with van der Waals surface area (Å²) in [6, 6.07) is 11.9. The predicted molar refractivity (Wildman–Crippen MR) is 109 cm³/mol. The molecule has 3 rings (SSSR count). The van der Waals surface area contributed by atoms with Gasteiger partial charge in [-0.25, -0.2) is 0 Å². The zero-order chi connectivity index (χ0) is 18.8. The van der Waals surface area contributed by atoms with E-state index >= 15 is 0 Å². The van der Waals surface area contributed by atoms with E-state index in [1.807, 2.05) is 50.2 Å². The number of aryl methyl sites for hydroxylation is 3. The van der Waals surface area contributed by atoms with Crippen molar-refractivity contribution in [2.75, 3.05) is 16.8 Å². The monoisotopic (exact) mass is 414 g/mol. The molecule has 0 aliphatic carbocycles. The van der Waals surface area contributed by atoms with Gasteiger partial charge in [0.25, 0.3) is 0 Å². The summed E-state index contributed by atoms with van der Waals surface area (Å²) in [4.78, 5) is 27.0. The van der Waals surface area contributed by atoms with Crippen LogP contribution < -0.4 is 10.2 Å². The number of hydrogen-bond acceptors (Lipinski definition) is 2. The molecule has 5 heteroatoms. The van der Waals surface area contributed by atoms with Gasteiger partial charge in [-0.15, -0.1) is 0 Å². The van der Waals surface area contributed by atoms with E-state index in [4.69, 9.17) is 0 Å². The van der Waals surface area contributed by atoms with Crippen LogP contribution in [-0.4, -0.2) is 18.4 Å². The lowest BCUT2D eigenvalue weighted by Crippen LogP contribution is -2.29. The molecule has 2 aromatic rings. The smallest absolute Gasteiger partial charge is 0.229 e. The first-order valence-corrected chi connectivity index (χ1v) is 9.66. The van der Waals surface area contributed by atoms with Crippen LogP contribution >= 0.6 is 15.9 Å². The number of para-hydroxylation sites is 1. The number of nitrogens with one attached hydrogen (secondary N) is 1. The maximum absolute atomic E-state index is 12.7. The molecule has 1 aliphatic rings. The molecule has 0 unspecified atom stereocenters.